The molecule has 0 bridgehead atoms. The summed E-state index contributed by atoms with van der Waals surface area (Å²) in [6, 6.07) is 12.1. The van der Waals surface area contributed by atoms with Crippen molar-refractivity contribution in [2.45, 2.75) is 32.1 Å². The van der Waals surface area contributed by atoms with Crippen molar-refractivity contribution in [1.29, 1.82) is 0 Å². The monoisotopic (exact) mass is 542 g/mol. The van der Waals surface area contributed by atoms with E-state index in [0.717, 1.165) is 16.6 Å². The molecule has 1 amide bonds. The molecule has 9 nitrogen and oxygen atoms in total. The molecule has 0 radical (unpaired) electrons. The van der Waals surface area contributed by atoms with Crippen LogP contribution in [0.3, 0.4) is 0 Å². The van der Waals surface area contributed by atoms with Gasteiger partial charge in [-0.15, -0.1) is 0 Å². The van der Waals surface area contributed by atoms with Gasteiger partial charge >= 0.3 is 12.7 Å². The van der Waals surface area contributed by atoms with Crippen molar-refractivity contribution in [2.24, 2.45) is 0 Å². The van der Waals surface area contributed by atoms with Crippen molar-refractivity contribution in [2.75, 3.05) is 13.3 Å². The van der Waals surface area contributed by atoms with Gasteiger partial charge < -0.3 is 20.1 Å². The summed E-state index contributed by atoms with van der Waals surface area (Å²) >= 11 is 0. The number of pyridine rings is 1. The van der Waals surface area contributed by atoms with Crippen LogP contribution in [-0.2, 0) is 0 Å². The topological polar surface area (TPSA) is 121 Å². The van der Waals surface area contributed by atoms with E-state index in [1.165, 1.54) is 22.8 Å². The number of halogens is 2. The van der Waals surface area contributed by atoms with Crippen LogP contribution >= 0.6 is 7.92 Å². The van der Waals surface area contributed by atoms with Crippen molar-refractivity contribution in [3.63, 3.8) is 0 Å². The highest BCUT2D eigenvalue weighted by atomic mass is 31.1. The number of rotatable bonds is 6. The Morgan fingerprint density at radius 3 is 2.45 bits per heavy atom. The molecular weight excluding hydrogens is 517 g/mol. The summed E-state index contributed by atoms with van der Waals surface area (Å²) in [6.07, 6.45) is -1.67. The molecule has 3 N–H and O–H groups in total. The van der Waals surface area contributed by atoms with Crippen LogP contribution in [0.25, 0.3) is 27.8 Å². The second kappa shape index (κ2) is 9.67. The number of aliphatic hydroxyl groups is 3. The van der Waals surface area contributed by atoms with Crippen LogP contribution in [0.15, 0.2) is 54.7 Å². The Labute approximate surface area is 217 Å². The molecule has 0 saturated heterocycles. The lowest BCUT2D eigenvalue weighted by molar-refractivity contribution is -0.386. The molecule has 2 aromatic heterocycles. The smallest absolute Gasteiger partial charge is 0.387 e. The largest absolute Gasteiger partial charge is 0.433 e. The SMILES string of the molecule is CC[C@@H]1c2nc3ccc(-c4ccc(P(C)C)nc4)cc3n2-c2c(OC(F)F)cccc2C(=O)N1C(O)(O)O. The van der Waals surface area contributed by atoms with Gasteiger partial charge in [-0.3, -0.25) is 19.2 Å². The minimum atomic E-state index is -3.54. The lowest BCUT2D eigenvalue weighted by Gasteiger charge is -2.34. The standard InChI is InChI=1S/C26H25F2N4O5P/c1-4-18-23-30-17-10-8-14(15-9-11-21(29-13-15)38(2)3)12-19(17)31(23)22-16(24(33)32(18)26(34,35)36)6-5-7-20(22)37-25(27)28/h5-13,18,25,34-36H,4H2,1-3H3/t18-/m1/s1. The molecule has 198 valence electrons. The fraction of sp³-hybridized carbons (Fsp3) is 0.269. The van der Waals surface area contributed by atoms with Crippen molar-refractivity contribution in [1.82, 2.24) is 19.4 Å². The Balaban J connectivity index is 1.82. The number of carbonyl (C=O) groups excluding carboxylic acids is 1. The van der Waals surface area contributed by atoms with Gasteiger partial charge in [-0.05, 0) is 55.6 Å². The molecule has 0 spiro atoms. The van der Waals surface area contributed by atoms with E-state index in [4.69, 9.17) is 4.74 Å². The van der Waals surface area contributed by atoms with Gasteiger partial charge in [-0.2, -0.15) is 8.78 Å². The van der Waals surface area contributed by atoms with Crippen LogP contribution in [0, 0.1) is 0 Å². The highest BCUT2D eigenvalue weighted by molar-refractivity contribution is 7.63. The van der Waals surface area contributed by atoms with E-state index in [2.05, 4.69) is 23.3 Å². The van der Waals surface area contributed by atoms with Gasteiger partial charge in [-0.25, -0.2) is 4.98 Å². The first-order valence-electron chi connectivity index (χ1n) is 11.8. The Morgan fingerprint density at radius 2 is 1.84 bits per heavy atom. The summed E-state index contributed by atoms with van der Waals surface area (Å²) in [7, 11) is -0.371. The number of fused-ring (bicyclic) bond motifs is 5. The zero-order valence-electron chi connectivity index (χ0n) is 20.7. The predicted molar refractivity (Wildman–Crippen MR) is 138 cm³/mol. The molecule has 0 fully saturated rings. The van der Waals surface area contributed by atoms with Gasteiger partial charge in [-0.1, -0.05) is 33.0 Å². The zero-order chi connectivity index (χ0) is 27.4. The van der Waals surface area contributed by atoms with Gasteiger partial charge in [0.15, 0.2) is 5.75 Å². The molecule has 12 heteroatoms. The number of amides is 1. The third-order valence-corrected chi connectivity index (χ3v) is 7.61. The number of alkyl halides is 2. The maximum atomic E-state index is 13.5. The van der Waals surface area contributed by atoms with Gasteiger partial charge in [0.25, 0.3) is 5.91 Å². The lowest BCUT2D eigenvalue weighted by Crippen LogP contribution is -2.53. The highest BCUT2D eigenvalue weighted by Gasteiger charge is 2.46. The number of imidazole rings is 1. The van der Waals surface area contributed by atoms with Crippen molar-refractivity contribution < 1.29 is 33.6 Å². The van der Waals surface area contributed by atoms with Crippen LogP contribution < -0.4 is 10.2 Å². The number of hydrogen-bond donors (Lipinski definition) is 3. The molecule has 4 aromatic rings. The first-order chi connectivity index (χ1) is 18.0. The summed E-state index contributed by atoms with van der Waals surface area (Å²) < 4.78 is 33.1. The van der Waals surface area contributed by atoms with E-state index in [1.807, 2.05) is 18.2 Å². The maximum Gasteiger partial charge on any atom is 0.387 e. The normalized spacial score (nSPS) is 15.7. The third kappa shape index (κ3) is 4.41. The van der Waals surface area contributed by atoms with Gasteiger partial charge in [0.2, 0.25) is 0 Å². The van der Waals surface area contributed by atoms with E-state index in [1.54, 1.807) is 25.3 Å². The minimum absolute atomic E-state index is 0.0475. The molecule has 2 aromatic carbocycles. The lowest BCUT2D eigenvalue weighted by atomic mass is 10.1. The van der Waals surface area contributed by atoms with Crippen LogP contribution in [0.4, 0.5) is 8.78 Å². The van der Waals surface area contributed by atoms with Gasteiger partial charge in [0.05, 0.1) is 28.1 Å². The zero-order valence-corrected chi connectivity index (χ0v) is 21.6. The number of nitrogens with zero attached hydrogens (tertiary/aromatic N) is 4. The summed E-state index contributed by atoms with van der Waals surface area (Å²) in [4.78, 5) is 23.2. The number of hydrogen-bond acceptors (Lipinski definition) is 7. The number of carbonyl (C=O) groups is 1. The van der Waals surface area contributed by atoms with E-state index in [9.17, 15) is 28.9 Å². The first-order valence-corrected chi connectivity index (χ1v) is 14.0. The molecule has 1 aliphatic rings. The van der Waals surface area contributed by atoms with Crippen LogP contribution in [0.2, 0.25) is 0 Å². The second-order valence-corrected chi connectivity index (χ2v) is 11.3. The number of aromatic nitrogens is 3. The number of benzene rings is 2. The second-order valence-electron chi connectivity index (χ2n) is 9.04. The molecule has 0 aliphatic carbocycles. The average molecular weight is 542 g/mol. The molecule has 5 rings (SSSR count). The predicted octanol–water partition coefficient (Wildman–Crippen LogP) is 3.55. The fourth-order valence-corrected chi connectivity index (χ4v) is 5.43. The molecule has 1 atom stereocenters. The molecule has 38 heavy (non-hydrogen) atoms. The van der Waals surface area contributed by atoms with E-state index >= 15 is 0 Å². The maximum absolute atomic E-state index is 13.5. The first kappa shape index (κ1) is 26.1. The Bertz CT molecular complexity index is 1520. The van der Waals surface area contributed by atoms with E-state index < -0.39 is 24.7 Å². The fourth-order valence-electron chi connectivity index (χ4n) is 4.77. The Kier molecular flexibility index (Phi) is 6.65. The quantitative estimate of drug-likeness (QED) is 0.252. The van der Waals surface area contributed by atoms with Crippen molar-refractivity contribution in [3.05, 3.63) is 66.1 Å². The Morgan fingerprint density at radius 1 is 1.11 bits per heavy atom. The molecular formula is C26H25F2N4O5P. The van der Waals surface area contributed by atoms with Crippen molar-refractivity contribution in [3.8, 4) is 22.6 Å². The van der Waals surface area contributed by atoms with Crippen LogP contribution in [0.1, 0.15) is 35.6 Å². The molecule has 0 saturated carbocycles. The minimum Gasteiger partial charge on any atom is -0.433 e. The highest BCUT2D eigenvalue weighted by Crippen LogP contribution is 2.42. The number of para-hydroxylation sites is 1. The summed E-state index contributed by atoms with van der Waals surface area (Å²) in [5.74, 6) is -1.17. The molecule has 0 unspecified atom stereocenters. The summed E-state index contributed by atoms with van der Waals surface area (Å²) in [6.45, 7) is 2.69. The van der Waals surface area contributed by atoms with Crippen molar-refractivity contribution >= 4 is 30.3 Å². The molecule has 3 heterocycles. The number of ether oxygens (including phenoxy) is 1. The van der Waals surface area contributed by atoms with E-state index in [-0.39, 0.29) is 37.2 Å². The Hall–Kier alpha value is -3.50. The van der Waals surface area contributed by atoms with Crippen LogP contribution in [-0.4, -0.2) is 66.7 Å². The summed E-state index contributed by atoms with van der Waals surface area (Å²) in [5, 5.41) is 30.5. The van der Waals surface area contributed by atoms with Gasteiger partial charge in [0, 0.05) is 11.8 Å². The third-order valence-electron chi connectivity index (χ3n) is 6.43. The summed E-state index contributed by atoms with van der Waals surface area (Å²) in [5.41, 5.74) is 3.28. The molecule has 1 aliphatic heterocycles. The van der Waals surface area contributed by atoms with Crippen LogP contribution in [0.5, 0.6) is 5.75 Å². The average Bonchev–Trinajstić information content (AvgIpc) is 3.18. The van der Waals surface area contributed by atoms with Gasteiger partial charge in [0.1, 0.15) is 11.5 Å². The van der Waals surface area contributed by atoms with E-state index in [0.29, 0.717) is 15.9 Å².